The fourth-order valence-corrected chi connectivity index (χ4v) is 2.42. The predicted octanol–water partition coefficient (Wildman–Crippen LogP) is 3.85. The Balaban J connectivity index is 2.14. The van der Waals surface area contributed by atoms with Gasteiger partial charge in [-0.15, -0.1) is 17.8 Å². The van der Waals surface area contributed by atoms with E-state index in [0.29, 0.717) is 0 Å². The molecule has 0 saturated carbocycles. The summed E-state index contributed by atoms with van der Waals surface area (Å²) >= 11 is 1.64. The van der Waals surface area contributed by atoms with Crippen LogP contribution in [0, 0.1) is 12.3 Å². The molecule has 1 heterocycles. The van der Waals surface area contributed by atoms with Crippen molar-refractivity contribution in [3.63, 3.8) is 0 Å². The highest BCUT2D eigenvalue weighted by Crippen LogP contribution is 2.20. The third kappa shape index (κ3) is 2.77. The highest BCUT2D eigenvalue weighted by atomic mass is 32.1. The number of benzene rings is 1. The van der Waals surface area contributed by atoms with Crippen LogP contribution in [0.5, 0.6) is 0 Å². The predicted molar refractivity (Wildman–Crippen MR) is 73.2 cm³/mol. The first-order chi connectivity index (χ1) is 8.19. The molecule has 0 amide bonds. The van der Waals surface area contributed by atoms with Crippen molar-refractivity contribution in [2.75, 3.05) is 0 Å². The zero-order valence-corrected chi connectivity index (χ0v) is 10.1. The third-order valence-corrected chi connectivity index (χ3v) is 3.49. The molecule has 1 N–H and O–H groups in total. The average Bonchev–Trinajstić information content (AvgIpc) is 2.77. The van der Waals surface area contributed by atoms with E-state index in [1.165, 1.54) is 10.4 Å². The summed E-state index contributed by atoms with van der Waals surface area (Å²) in [6.07, 6.45) is 6.20. The average molecular weight is 240 g/mol. The number of thiophene rings is 1. The standard InChI is InChI=1S/C15H12OS/c1-3-14-8-9-15(17-14)10-12-4-6-13(7-5-12)11(2)16/h1,4-9,16H,2,10H2. The van der Waals surface area contributed by atoms with Crippen LogP contribution in [-0.2, 0) is 6.42 Å². The third-order valence-electron chi connectivity index (χ3n) is 2.47. The second-order valence-electron chi connectivity index (χ2n) is 3.73. The van der Waals surface area contributed by atoms with Gasteiger partial charge < -0.3 is 5.11 Å². The van der Waals surface area contributed by atoms with E-state index in [1.54, 1.807) is 11.3 Å². The minimum Gasteiger partial charge on any atom is -0.508 e. The van der Waals surface area contributed by atoms with Gasteiger partial charge in [0, 0.05) is 16.9 Å². The van der Waals surface area contributed by atoms with Gasteiger partial charge >= 0.3 is 0 Å². The van der Waals surface area contributed by atoms with Gasteiger partial charge in [-0.25, -0.2) is 0 Å². The molecule has 0 aliphatic heterocycles. The van der Waals surface area contributed by atoms with E-state index in [1.807, 2.05) is 30.3 Å². The van der Waals surface area contributed by atoms with Crippen molar-refractivity contribution in [3.8, 4) is 12.3 Å². The molecule has 2 heteroatoms. The van der Waals surface area contributed by atoms with Crippen LogP contribution in [0.25, 0.3) is 5.76 Å². The topological polar surface area (TPSA) is 20.2 Å². The number of terminal acetylenes is 1. The number of rotatable bonds is 3. The molecule has 0 fully saturated rings. The summed E-state index contributed by atoms with van der Waals surface area (Å²) in [5.74, 6) is 2.73. The first-order valence-corrected chi connectivity index (χ1v) is 6.03. The summed E-state index contributed by atoms with van der Waals surface area (Å²) in [4.78, 5) is 2.20. The maximum absolute atomic E-state index is 9.23. The van der Waals surface area contributed by atoms with Gasteiger partial charge in [0.2, 0.25) is 0 Å². The number of aliphatic hydroxyl groups is 1. The van der Waals surface area contributed by atoms with Crippen molar-refractivity contribution in [1.29, 1.82) is 0 Å². The molecule has 0 aliphatic rings. The molecule has 84 valence electrons. The van der Waals surface area contributed by atoms with Crippen LogP contribution in [0.1, 0.15) is 20.9 Å². The Morgan fingerprint density at radius 1 is 1.24 bits per heavy atom. The zero-order valence-electron chi connectivity index (χ0n) is 9.31. The molecule has 1 nitrogen and oxygen atoms in total. The largest absolute Gasteiger partial charge is 0.508 e. The first-order valence-electron chi connectivity index (χ1n) is 5.21. The Morgan fingerprint density at radius 3 is 2.47 bits per heavy atom. The first kappa shape index (κ1) is 11.5. The van der Waals surface area contributed by atoms with Gasteiger partial charge in [-0.05, 0) is 17.7 Å². The smallest absolute Gasteiger partial charge is 0.115 e. The van der Waals surface area contributed by atoms with E-state index in [9.17, 15) is 5.11 Å². The second kappa shape index (κ2) is 4.90. The summed E-state index contributed by atoms with van der Waals surface area (Å²) in [6, 6.07) is 11.7. The van der Waals surface area contributed by atoms with E-state index < -0.39 is 0 Å². The zero-order chi connectivity index (χ0) is 12.3. The Hall–Kier alpha value is -1.98. The van der Waals surface area contributed by atoms with E-state index in [4.69, 9.17) is 6.42 Å². The highest BCUT2D eigenvalue weighted by molar-refractivity contribution is 7.12. The lowest BCUT2D eigenvalue weighted by molar-refractivity contribution is 0.514. The van der Waals surface area contributed by atoms with Crippen LogP contribution in [0.15, 0.2) is 43.0 Å². The second-order valence-corrected chi connectivity index (χ2v) is 4.90. The van der Waals surface area contributed by atoms with E-state index >= 15 is 0 Å². The molecule has 0 saturated heterocycles. The Morgan fingerprint density at radius 2 is 1.94 bits per heavy atom. The van der Waals surface area contributed by atoms with Crippen molar-refractivity contribution < 1.29 is 5.11 Å². The molecule has 0 radical (unpaired) electrons. The monoisotopic (exact) mass is 240 g/mol. The lowest BCUT2D eigenvalue weighted by atomic mass is 10.1. The normalized spacial score (nSPS) is 9.82. The minimum absolute atomic E-state index is 0.0993. The van der Waals surface area contributed by atoms with Gasteiger partial charge in [-0.3, -0.25) is 0 Å². The van der Waals surface area contributed by atoms with Gasteiger partial charge in [0.25, 0.3) is 0 Å². The molecule has 1 aromatic carbocycles. The summed E-state index contributed by atoms with van der Waals surface area (Å²) < 4.78 is 0. The van der Waals surface area contributed by atoms with Gasteiger partial charge in [-0.1, -0.05) is 36.8 Å². The summed E-state index contributed by atoms with van der Waals surface area (Å²) in [6.45, 7) is 3.49. The van der Waals surface area contributed by atoms with Crippen molar-refractivity contribution in [1.82, 2.24) is 0 Å². The molecule has 0 unspecified atom stereocenters. The van der Waals surface area contributed by atoms with E-state index in [0.717, 1.165) is 16.9 Å². The van der Waals surface area contributed by atoms with Crippen molar-refractivity contribution in [3.05, 3.63) is 63.9 Å². The highest BCUT2D eigenvalue weighted by Gasteiger charge is 2.01. The van der Waals surface area contributed by atoms with E-state index in [2.05, 4.69) is 18.6 Å². The fourth-order valence-electron chi connectivity index (χ4n) is 1.57. The van der Waals surface area contributed by atoms with E-state index in [-0.39, 0.29) is 5.76 Å². The molecule has 0 atom stereocenters. The molecular formula is C15H12OS. The van der Waals surface area contributed by atoms with Crippen LogP contribution in [0.4, 0.5) is 0 Å². The summed E-state index contributed by atoms with van der Waals surface area (Å²) in [5.41, 5.74) is 1.95. The molecule has 0 spiro atoms. The van der Waals surface area contributed by atoms with Gasteiger partial charge in [-0.2, -0.15) is 0 Å². The molecule has 0 bridgehead atoms. The van der Waals surface area contributed by atoms with Crippen molar-refractivity contribution in [2.45, 2.75) is 6.42 Å². The molecule has 17 heavy (non-hydrogen) atoms. The Bertz CT molecular complexity index is 570. The van der Waals surface area contributed by atoms with Crippen molar-refractivity contribution in [2.24, 2.45) is 0 Å². The number of hydrogen-bond donors (Lipinski definition) is 1. The Kier molecular flexibility index (Phi) is 3.32. The fraction of sp³-hybridized carbons (Fsp3) is 0.0667. The van der Waals surface area contributed by atoms with Crippen LogP contribution in [-0.4, -0.2) is 5.11 Å². The molecule has 0 aliphatic carbocycles. The maximum atomic E-state index is 9.23. The molecule has 1 aromatic heterocycles. The SMILES string of the molecule is C#Cc1ccc(Cc2ccc(C(=C)O)cc2)s1. The maximum Gasteiger partial charge on any atom is 0.115 e. The summed E-state index contributed by atoms with van der Waals surface area (Å²) in [7, 11) is 0. The molecule has 2 aromatic rings. The minimum atomic E-state index is 0.0993. The quantitative estimate of drug-likeness (QED) is 0.638. The van der Waals surface area contributed by atoms with Crippen LogP contribution < -0.4 is 0 Å². The lowest BCUT2D eigenvalue weighted by Gasteiger charge is -2.01. The van der Waals surface area contributed by atoms with Crippen molar-refractivity contribution >= 4 is 17.1 Å². The molecular weight excluding hydrogens is 228 g/mol. The molecule has 2 rings (SSSR count). The van der Waals surface area contributed by atoms with Crippen LogP contribution in [0.2, 0.25) is 0 Å². The number of aliphatic hydroxyl groups excluding tert-OH is 1. The van der Waals surface area contributed by atoms with Crippen LogP contribution in [0.3, 0.4) is 0 Å². The van der Waals surface area contributed by atoms with Gasteiger partial charge in [0.15, 0.2) is 0 Å². The summed E-state index contributed by atoms with van der Waals surface area (Å²) in [5, 5.41) is 9.23. The van der Waals surface area contributed by atoms with Gasteiger partial charge in [0.1, 0.15) is 5.76 Å². The Labute approximate surface area is 105 Å². The lowest BCUT2D eigenvalue weighted by Crippen LogP contribution is -1.86. The van der Waals surface area contributed by atoms with Crippen LogP contribution >= 0.6 is 11.3 Å². The number of hydrogen-bond acceptors (Lipinski definition) is 2. The van der Waals surface area contributed by atoms with Gasteiger partial charge in [0.05, 0.1) is 4.88 Å².